The second-order valence-corrected chi connectivity index (χ2v) is 15.1. The molecular formula is C44H45ClN6O8. The van der Waals surface area contributed by atoms with E-state index >= 15 is 0 Å². The van der Waals surface area contributed by atoms with E-state index in [9.17, 15) is 19.5 Å². The molecule has 4 atom stereocenters. The molecule has 2 aliphatic rings. The van der Waals surface area contributed by atoms with Gasteiger partial charge in [0.05, 0.1) is 47.0 Å². The SMILES string of the molecule is C=CC(=O)n1c2ccccc2c2cc(C(=O)NCCCCCCCC(=O)NCCOc3ccc(-c4nc5nc(O[C@@H]6CO[C@H]7[C@@H]6OC[C@H]7O)[nH]c5cc4Cl)cc3)ccc21. The molecule has 0 radical (unpaired) electrons. The van der Waals surface area contributed by atoms with Gasteiger partial charge in [-0.15, -0.1) is 0 Å². The van der Waals surface area contributed by atoms with Crippen LogP contribution in [0.1, 0.15) is 53.7 Å². The topological polar surface area (TPSA) is 179 Å². The fraction of sp³-hybridized carbons (Fsp3) is 0.341. The molecule has 6 aromatic rings. The number of unbranched alkanes of at least 4 members (excludes halogenated alkanes) is 4. The Kier molecular flexibility index (Phi) is 12.2. The molecule has 0 spiro atoms. The normalized spacial score (nSPS) is 18.6. The Morgan fingerprint density at radius 3 is 2.53 bits per heavy atom. The van der Waals surface area contributed by atoms with Gasteiger partial charge in [0.1, 0.15) is 30.7 Å². The van der Waals surface area contributed by atoms with Gasteiger partial charge in [-0.2, -0.15) is 4.98 Å². The minimum absolute atomic E-state index is 0.0142. The van der Waals surface area contributed by atoms with Crippen LogP contribution < -0.4 is 20.1 Å². The van der Waals surface area contributed by atoms with Crippen molar-refractivity contribution < 1.29 is 38.4 Å². The quantitative estimate of drug-likeness (QED) is 0.0596. The standard InChI is InChI=1S/C44H45ClN6O8/c1-2-38(54)51-33-11-8-7-10-29(33)30-22-27(15-18-34(30)51)43(55)47-19-9-5-3-4-6-12-37(53)46-20-21-56-28-16-13-26(14-17-28)39-31(45)23-32-42(49-39)50-44(48-32)59-36-25-58-40-35(52)24-57-41(36)40/h2,7-8,10-11,13-18,22-23,35-36,40-41,52H,1,3-6,9,12,19-21,24-25H2,(H,46,53)(H,47,55)(H,48,49,50)/t35-,36-,40-,41-/m1/s1. The van der Waals surface area contributed by atoms with Gasteiger partial charge in [0.15, 0.2) is 11.8 Å². The number of ether oxygens (including phenoxy) is 4. The Hall–Kier alpha value is -5.80. The van der Waals surface area contributed by atoms with Gasteiger partial charge in [-0.05, 0) is 73.5 Å². The Bertz CT molecular complexity index is 2500. The van der Waals surface area contributed by atoms with Crippen molar-refractivity contribution in [3.05, 3.63) is 96.0 Å². The van der Waals surface area contributed by atoms with Crippen molar-refractivity contribution in [3.8, 4) is 23.0 Å². The molecule has 2 amide bonds. The fourth-order valence-corrected chi connectivity index (χ4v) is 7.95. The highest BCUT2D eigenvalue weighted by Crippen LogP contribution is 2.33. The van der Waals surface area contributed by atoms with Crippen molar-refractivity contribution in [3.63, 3.8) is 0 Å². The highest BCUT2D eigenvalue weighted by Gasteiger charge is 2.48. The van der Waals surface area contributed by atoms with Crippen molar-refractivity contribution in [1.29, 1.82) is 0 Å². The molecule has 3 aromatic carbocycles. The van der Waals surface area contributed by atoms with Crippen LogP contribution in [0.15, 0.2) is 85.5 Å². The fourth-order valence-electron chi connectivity index (χ4n) is 7.69. The number of halogens is 1. The Morgan fingerprint density at radius 2 is 1.68 bits per heavy atom. The predicted octanol–water partition coefficient (Wildman–Crippen LogP) is 6.38. The Labute approximate surface area is 344 Å². The van der Waals surface area contributed by atoms with Crippen LogP contribution in [0.4, 0.5) is 0 Å². The number of rotatable bonds is 17. The molecule has 2 aliphatic heterocycles. The van der Waals surface area contributed by atoms with Crippen LogP contribution in [0.3, 0.4) is 0 Å². The second-order valence-electron chi connectivity index (χ2n) is 14.7. The zero-order valence-electron chi connectivity index (χ0n) is 32.3. The molecule has 59 heavy (non-hydrogen) atoms. The number of fused-ring (bicyclic) bond motifs is 5. The van der Waals surface area contributed by atoms with Crippen molar-refractivity contribution >= 4 is 62.3 Å². The average Bonchev–Trinajstić information content (AvgIpc) is 4.02. The third-order valence-electron chi connectivity index (χ3n) is 10.7. The summed E-state index contributed by atoms with van der Waals surface area (Å²) in [6.07, 6.45) is 4.36. The van der Waals surface area contributed by atoms with Gasteiger partial charge in [-0.3, -0.25) is 19.0 Å². The minimum Gasteiger partial charge on any atom is -0.492 e. The molecule has 0 saturated carbocycles. The second kappa shape index (κ2) is 18.0. The summed E-state index contributed by atoms with van der Waals surface area (Å²) >= 11 is 6.60. The van der Waals surface area contributed by atoms with Gasteiger partial charge in [0.2, 0.25) is 5.91 Å². The zero-order valence-corrected chi connectivity index (χ0v) is 33.1. The number of benzene rings is 3. The molecule has 4 N–H and O–H groups in total. The van der Waals surface area contributed by atoms with E-state index in [0.717, 1.165) is 59.5 Å². The highest BCUT2D eigenvalue weighted by molar-refractivity contribution is 6.33. The van der Waals surface area contributed by atoms with Crippen LogP contribution >= 0.6 is 11.6 Å². The Balaban J connectivity index is 0.703. The van der Waals surface area contributed by atoms with Crippen LogP contribution in [0.5, 0.6) is 11.8 Å². The summed E-state index contributed by atoms with van der Waals surface area (Å²) < 4.78 is 24.7. The lowest BCUT2D eigenvalue weighted by Gasteiger charge is -2.15. The molecular weight excluding hydrogens is 776 g/mol. The number of nitrogens with zero attached hydrogens (tertiary/aromatic N) is 3. The van der Waals surface area contributed by atoms with Gasteiger partial charge in [-0.1, -0.05) is 55.6 Å². The van der Waals surface area contributed by atoms with E-state index in [-0.39, 0.29) is 43.0 Å². The number of imidazole rings is 1. The molecule has 15 heteroatoms. The number of carbonyl (C=O) groups is 3. The maximum atomic E-state index is 12.9. The number of carbonyl (C=O) groups excluding carboxylic acids is 3. The summed E-state index contributed by atoms with van der Waals surface area (Å²) in [4.78, 5) is 50.1. The lowest BCUT2D eigenvalue weighted by atomic mass is 10.1. The first kappa shape index (κ1) is 40.0. The van der Waals surface area contributed by atoms with Crippen LogP contribution in [-0.2, 0) is 14.3 Å². The van der Waals surface area contributed by atoms with Gasteiger partial charge in [-0.25, -0.2) is 4.98 Å². The number of para-hydroxylation sites is 1. The molecule has 14 nitrogen and oxygen atoms in total. The predicted molar refractivity (Wildman–Crippen MR) is 223 cm³/mol. The van der Waals surface area contributed by atoms with E-state index in [4.69, 9.17) is 30.5 Å². The number of H-pyrrole nitrogens is 1. The monoisotopic (exact) mass is 820 g/mol. The molecule has 306 valence electrons. The number of aromatic amines is 1. The molecule has 0 unspecified atom stereocenters. The zero-order chi connectivity index (χ0) is 40.9. The number of pyridine rings is 1. The summed E-state index contributed by atoms with van der Waals surface area (Å²) in [5, 5.41) is 18.1. The van der Waals surface area contributed by atoms with Crippen LogP contribution in [0, 0.1) is 0 Å². The van der Waals surface area contributed by atoms with Crippen molar-refractivity contribution in [2.75, 3.05) is 32.9 Å². The maximum Gasteiger partial charge on any atom is 0.296 e. The van der Waals surface area contributed by atoms with E-state index in [0.29, 0.717) is 59.3 Å². The first-order chi connectivity index (χ1) is 28.8. The lowest BCUT2D eigenvalue weighted by Crippen LogP contribution is -2.34. The molecule has 2 fully saturated rings. The van der Waals surface area contributed by atoms with E-state index in [2.05, 4.69) is 32.2 Å². The van der Waals surface area contributed by atoms with Crippen LogP contribution in [0.2, 0.25) is 5.02 Å². The average molecular weight is 821 g/mol. The van der Waals surface area contributed by atoms with Crippen LogP contribution in [0.25, 0.3) is 44.2 Å². The first-order valence-corrected chi connectivity index (χ1v) is 20.3. The van der Waals surface area contributed by atoms with E-state index in [1.165, 1.54) is 6.08 Å². The number of amides is 2. The van der Waals surface area contributed by atoms with E-state index in [1.807, 2.05) is 60.7 Å². The summed E-state index contributed by atoms with van der Waals surface area (Å²) in [6, 6.07) is 22.4. The molecule has 0 aliphatic carbocycles. The third kappa shape index (κ3) is 8.81. The minimum atomic E-state index is -0.665. The highest BCUT2D eigenvalue weighted by atomic mass is 35.5. The number of aliphatic hydroxyl groups is 1. The van der Waals surface area contributed by atoms with Gasteiger partial charge >= 0.3 is 0 Å². The maximum absolute atomic E-state index is 12.9. The number of hydrogen-bond donors (Lipinski definition) is 4. The molecule has 2 saturated heterocycles. The largest absolute Gasteiger partial charge is 0.492 e. The Morgan fingerprint density at radius 1 is 0.898 bits per heavy atom. The van der Waals surface area contributed by atoms with Gasteiger partial charge < -0.3 is 39.7 Å². The summed E-state index contributed by atoms with van der Waals surface area (Å²) in [6.45, 7) is 5.39. The number of aliphatic hydroxyl groups excluding tert-OH is 1. The number of hydrogen-bond acceptors (Lipinski definition) is 10. The van der Waals surface area contributed by atoms with E-state index in [1.54, 1.807) is 16.7 Å². The molecule has 3 aromatic heterocycles. The molecule has 0 bridgehead atoms. The molecule has 5 heterocycles. The lowest BCUT2D eigenvalue weighted by molar-refractivity contribution is -0.121. The summed E-state index contributed by atoms with van der Waals surface area (Å²) in [7, 11) is 0. The van der Waals surface area contributed by atoms with E-state index < -0.39 is 18.3 Å². The van der Waals surface area contributed by atoms with Crippen LogP contribution in [-0.4, -0.2) is 99.7 Å². The molecule has 8 rings (SSSR count). The van der Waals surface area contributed by atoms with Gasteiger partial charge in [0.25, 0.3) is 17.8 Å². The third-order valence-corrected chi connectivity index (χ3v) is 11.0. The van der Waals surface area contributed by atoms with Crippen molar-refractivity contribution in [2.24, 2.45) is 0 Å². The smallest absolute Gasteiger partial charge is 0.296 e. The van der Waals surface area contributed by atoms with Crippen molar-refractivity contribution in [2.45, 2.75) is 62.9 Å². The summed E-state index contributed by atoms with van der Waals surface area (Å²) in [5.74, 6) is 0.265. The number of nitrogens with one attached hydrogen (secondary N) is 3. The van der Waals surface area contributed by atoms with Crippen molar-refractivity contribution in [1.82, 2.24) is 30.2 Å². The summed E-state index contributed by atoms with van der Waals surface area (Å²) in [5.41, 5.74) is 4.47. The van der Waals surface area contributed by atoms with Gasteiger partial charge in [0, 0.05) is 34.9 Å². The first-order valence-electron chi connectivity index (χ1n) is 19.9. The number of allylic oxidation sites excluding steroid dienone is 1. The number of aromatic nitrogens is 4.